The molecular formula is C19H18N2O6S2. The van der Waals surface area contributed by atoms with Crippen molar-refractivity contribution in [1.82, 2.24) is 4.72 Å². The second-order valence-corrected chi connectivity index (χ2v) is 9.56. The summed E-state index contributed by atoms with van der Waals surface area (Å²) in [4.78, 5) is 11.3. The van der Waals surface area contributed by atoms with Gasteiger partial charge in [-0.15, -0.1) is 0 Å². The van der Waals surface area contributed by atoms with Gasteiger partial charge in [0.25, 0.3) is 10.0 Å². The second-order valence-electron chi connectivity index (χ2n) is 6.11. The summed E-state index contributed by atoms with van der Waals surface area (Å²) in [6.07, 6.45) is 1.44. The van der Waals surface area contributed by atoms with Crippen molar-refractivity contribution in [1.29, 1.82) is 0 Å². The van der Waals surface area contributed by atoms with E-state index < -0.39 is 20.0 Å². The average molecular weight is 434 g/mol. The van der Waals surface area contributed by atoms with Gasteiger partial charge in [0.15, 0.2) is 5.78 Å². The number of nitrogens with one attached hydrogen (secondary N) is 2. The number of anilines is 1. The maximum absolute atomic E-state index is 12.5. The van der Waals surface area contributed by atoms with Crippen LogP contribution in [-0.2, 0) is 26.6 Å². The number of furan rings is 1. The van der Waals surface area contributed by atoms with Crippen LogP contribution in [0.25, 0.3) is 0 Å². The number of carbonyl (C=O) groups excluding carboxylic acids is 1. The lowest BCUT2D eigenvalue weighted by Gasteiger charge is -2.10. The van der Waals surface area contributed by atoms with Crippen LogP contribution in [-0.4, -0.2) is 22.6 Å². The van der Waals surface area contributed by atoms with Gasteiger partial charge in [0, 0.05) is 11.3 Å². The molecule has 0 bridgehead atoms. The van der Waals surface area contributed by atoms with Crippen LogP contribution in [0.2, 0.25) is 0 Å². The fraction of sp³-hybridized carbons (Fsp3) is 0.105. The molecule has 0 radical (unpaired) electrons. The van der Waals surface area contributed by atoms with Crippen LogP contribution in [0.3, 0.4) is 0 Å². The molecule has 0 saturated carbocycles. The standard InChI is InChI=1S/C19H18N2O6S2/c1-14(22)15-4-8-19(9-5-15)29(25,26)21-16-6-10-18(11-7-16)28(23,24)20-13-17-3-2-12-27-17/h2-12,20-21H,13H2,1H3. The first-order chi connectivity index (χ1) is 13.7. The summed E-state index contributed by atoms with van der Waals surface area (Å²) in [7, 11) is -7.66. The van der Waals surface area contributed by atoms with E-state index in [9.17, 15) is 21.6 Å². The maximum atomic E-state index is 12.5. The quantitative estimate of drug-likeness (QED) is 0.526. The van der Waals surface area contributed by atoms with Crippen molar-refractivity contribution in [2.45, 2.75) is 23.3 Å². The van der Waals surface area contributed by atoms with Crippen LogP contribution < -0.4 is 9.44 Å². The Morgan fingerprint density at radius 1 is 0.862 bits per heavy atom. The Labute approximate surface area is 168 Å². The predicted octanol–water partition coefficient (Wildman–Crippen LogP) is 2.76. The van der Waals surface area contributed by atoms with Crippen molar-refractivity contribution in [3.63, 3.8) is 0 Å². The SMILES string of the molecule is CC(=O)c1ccc(S(=O)(=O)Nc2ccc(S(=O)(=O)NCc3ccco3)cc2)cc1. The highest BCUT2D eigenvalue weighted by molar-refractivity contribution is 7.92. The maximum Gasteiger partial charge on any atom is 0.261 e. The number of hydrogen-bond donors (Lipinski definition) is 2. The molecule has 0 fully saturated rings. The topological polar surface area (TPSA) is 123 Å². The Kier molecular flexibility index (Phi) is 5.87. The van der Waals surface area contributed by atoms with E-state index in [2.05, 4.69) is 9.44 Å². The lowest BCUT2D eigenvalue weighted by atomic mass is 10.2. The highest BCUT2D eigenvalue weighted by atomic mass is 32.2. The van der Waals surface area contributed by atoms with Gasteiger partial charge in [-0.25, -0.2) is 21.6 Å². The third-order valence-corrected chi connectivity index (χ3v) is 6.82. The monoisotopic (exact) mass is 434 g/mol. The van der Waals surface area contributed by atoms with Crippen molar-refractivity contribution >= 4 is 31.5 Å². The molecule has 0 unspecified atom stereocenters. The van der Waals surface area contributed by atoms with Crippen molar-refractivity contribution in [2.24, 2.45) is 0 Å². The van der Waals surface area contributed by atoms with E-state index in [4.69, 9.17) is 4.42 Å². The normalized spacial score (nSPS) is 11.9. The molecule has 2 N–H and O–H groups in total. The van der Waals surface area contributed by atoms with Gasteiger partial charge in [0.1, 0.15) is 5.76 Å². The molecule has 0 aliphatic heterocycles. The molecule has 8 nitrogen and oxygen atoms in total. The number of carbonyl (C=O) groups is 1. The molecule has 0 amide bonds. The molecule has 0 saturated heterocycles. The van der Waals surface area contributed by atoms with Gasteiger partial charge >= 0.3 is 0 Å². The van der Waals surface area contributed by atoms with E-state index in [1.807, 2.05) is 0 Å². The third-order valence-electron chi connectivity index (χ3n) is 4.00. The van der Waals surface area contributed by atoms with E-state index in [0.717, 1.165) is 0 Å². The first-order valence-corrected chi connectivity index (χ1v) is 11.4. The second kappa shape index (κ2) is 8.19. The number of rotatable bonds is 8. The minimum absolute atomic E-state index is 0.0000276. The molecule has 152 valence electrons. The van der Waals surface area contributed by atoms with Gasteiger partial charge in [-0.05, 0) is 55.5 Å². The van der Waals surface area contributed by atoms with Gasteiger partial charge in [0.2, 0.25) is 10.0 Å². The van der Waals surface area contributed by atoms with E-state index in [1.165, 1.54) is 61.7 Å². The van der Waals surface area contributed by atoms with Crippen LogP contribution in [0.5, 0.6) is 0 Å². The van der Waals surface area contributed by atoms with Crippen LogP contribution >= 0.6 is 0 Å². The van der Waals surface area contributed by atoms with E-state index in [-0.39, 0.29) is 27.8 Å². The molecule has 0 spiro atoms. The smallest absolute Gasteiger partial charge is 0.261 e. The van der Waals surface area contributed by atoms with Crippen LogP contribution in [0.4, 0.5) is 5.69 Å². The largest absolute Gasteiger partial charge is 0.468 e. The predicted molar refractivity (Wildman–Crippen MR) is 106 cm³/mol. The molecule has 1 aromatic heterocycles. The average Bonchev–Trinajstić information content (AvgIpc) is 3.20. The molecule has 2 aromatic carbocycles. The van der Waals surface area contributed by atoms with E-state index in [0.29, 0.717) is 11.3 Å². The number of Topliss-reactive ketones (excluding diaryl/α,β-unsaturated/α-hetero) is 1. The Hall–Kier alpha value is -2.95. The Morgan fingerprint density at radius 2 is 1.45 bits per heavy atom. The fourth-order valence-electron chi connectivity index (χ4n) is 2.45. The number of benzene rings is 2. The summed E-state index contributed by atoms with van der Waals surface area (Å²) in [5.41, 5.74) is 0.603. The molecule has 3 rings (SSSR count). The summed E-state index contributed by atoms with van der Waals surface area (Å²) < 4.78 is 59.4. The molecule has 10 heteroatoms. The number of sulfonamides is 2. The zero-order chi connectivity index (χ0) is 21.1. The van der Waals surface area contributed by atoms with Gasteiger partial charge < -0.3 is 4.42 Å². The fourth-order valence-corrected chi connectivity index (χ4v) is 4.50. The lowest BCUT2D eigenvalue weighted by Crippen LogP contribution is -2.23. The summed E-state index contributed by atoms with van der Waals surface area (Å²) in [6.45, 7) is 1.39. The van der Waals surface area contributed by atoms with Crippen molar-refractivity contribution in [3.8, 4) is 0 Å². The summed E-state index contributed by atoms with van der Waals surface area (Å²) in [6, 6.07) is 14.1. The molecule has 0 atom stereocenters. The minimum Gasteiger partial charge on any atom is -0.468 e. The number of hydrogen-bond acceptors (Lipinski definition) is 6. The molecule has 0 aliphatic rings. The lowest BCUT2D eigenvalue weighted by molar-refractivity contribution is 0.101. The van der Waals surface area contributed by atoms with E-state index in [1.54, 1.807) is 12.1 Å². The van der Waals surface area contributed by atoms with Crippen LogP contribution in [0.1, 0.15) is 23.0 Å². The zero-order valence-electron chi connectivity index (χ0n) is 15.3. The Bertz CT molecular complexity index is 1200. The first-order valence-electron chi connectivity index (χ1n) is 8.43. The summed E-state index contributed by atoms with van der Waals surface area (Å²) in [5, 5.41) is 0. The van der Waals surface area contributed by atoms with Crippen molar-refractivity contribution in [3.05, 3.63) is 78.3 Å². The van der Waals surface area contributed by atoms with Crippen molar-refractivity contribution < 1.29 is 26.0 Å². The first kappa shape index (κ1) is 20.8. The van der Waals surface area contributed by atoms with Crippen LogP contribution in [0, 0.1) is 0 Å². The molecular weight excluding hydrogens is 416 g/mol. The van der Waals surface area contributed by atoms with Gasteiger partial charge in [-0.1, -0.05) is 12.1 Å². The van der Waals surface area contributed by atoms with Crippen LogP contribution in [0.15, 0.2) is 81.1 Å². The highest BCUT2D eigenvalue weighted by Crippen LogP contribution is 2.19. The Balaban J connectivity index is 1.71. The molecule has 3 aromatic rings. The van der Waals surface area contributed by atoms with Gasteiger partial charge in [-0.2, -0.15) is 0 Å². The third kappa shape index (κ3) is 5.11. The molecule has 0 aliphatic carbocycles. The highest BCUT2D eigenvalue weighted by Gasteiger charge is 2.17. The molecule has 1 heterocycles. The van der Waals surface area contributed by atoms with Gasteiger partial charge in [-0.3, -0.25) is 9.52 Å². The van der Waals surface area contributed by atoms with E-state index >= 15 is 0 Å². The van der Waals surface area contributed by atoms with Gasteiger partial charge in [0.05, 0.1) is 22.6 Å². The summed E-state index contributed by atoms with van der Waals surface area (Å²) in [5.74, 6) is 0.299. The number of ketones is 1. The minimum atomic E-state index is -3.88. The van der Waals surface area contributed by atoms with Crippen molar-refractivity contribution in [2.75, 3.05) is 4.72 Å². The summed E-state index contributed by atoms with van der Waals surface area (Å²) >= 11 is 0. The Morgan fingerprint density at radius 3 is 2.00 bits per heavy atom. The molecule has 29 heavy (non-hydrogen) atoms. The zero-order valence-corrected chi connectivity index (χ0v) is 17.0.